The van der Waals surface area contributed by atoms with Gasteiger partial charge in [0.1, 0.15) is 6.10 Å². The first-order chi connectivity index (χ1) is 14.7. The van der Waals surface area contributed by atoms with E-state index in [4.69, 9.17) is 19.3 Å². The van der Waals surface area contributed by atoms with Gasteiger partial charge in [-0.3, -0.25) is 10.1 Å². The van der Waals surface area contributed by atoms with Gasteiger partial charge in [-0.05, 0) is 55.0 Å². The maximum absolute atomic E-state index is 12.5. The second-order valence-electron chi connectivity index (χ2n) is 6.41. The summed E-state index contributed by atoms with van der Waals surface area (Å²) < 4.78 is 15.8. The van der Waals surface area contributed by atoms with E-state index >= 15 is 0 Å². The molecule has 0 aromatic heterocycles. The molecule has 9 nitrogen and oxygen atoms in total. The molecule has 0 spiro atoms. The van der Waals surface area contributed by atoms with Crippen molar-refractivity contribution in [3.63, 3.8) is 0 Å². The van der Waals surface area contributed by atoms with Crippen molar-refractivity contribution in [2.45, 2.75) is 19.1 Å². The van der Waals surface area contributed by atoms with Crippen LogP contribution in [-0.2, 0) is 14.3 Å². The second kappa shape index (κ2) is 10.8. The number of phenols is 1. The summed E-state index contributed by atoms with van der Waals surface area (Å²) in [5.74, 6) is -1.28. The third kappa shape index (κ3) is 6.58. The van der Waals surface area contributed by atoms with Crippen LogP contribution in [0.15, 0.2) is 54.6 Å². The number of carboxylic acid groups (broad SMARTS) is 1. The first-order valence-corrected chi connectivity index (χ1v) is 9.14. The van der Waals surface area contributed by atoms with Crippen molar-refractivity contribution in [3.05, 3.63) is 65.7 Å². The molecular formula is C22H23NO8. The fourth-order valence-corrected chi connectivity index (χ4v) is 2.74. The number of benzene rings is 2. The van der Waals surface area contributed by atoms with E-state index in [1.807, 2.05) is 0 Å². The predicted octanol–water partition coefficient (Wildman–Crippen LogP) is 3.55. The monoisotopic (exact) mass is 429 g/mol. The van der Waals surface area contributed by atoms with E-state index < -0.39 is 24.3 Å². The summed E-state index contributed by atoms with van der Waals surface area (Å²) >= 11 is 0. The number of carboxylic acids is 1. The van der Waals surface area contributed by atoms with Crippen LogP contribution in [0.25, 0.3) is 0 Å². The van der Waals surface area contributed by atoms with Gasteiger partial charge in [-0.15, -0.1) is 0 Å². The van der Waals surface area contributed by atoms with E-state index in [2.05, 4.69) is 5.32 Å². The maximum Gasteiger partial charge on any atom is 0.412 e. The quantitative estimate of drug-likeness (QED) is 0.407. The number of aliphatic carboxylic acids is 1. The predicted molar refractivity (Wildman–Crippen MR) is 112 cm³/mol. The van der Waals surface area contributed by atoms with Crippen molar-refractivity contribution in [1.29, 1.82) is 0 Å². The number of anilines is 1. The van der Waals surface area contributed by atoms with Gasteiger partial charge in [-0.25, -0.2) is 9.59 Å². The van der Waals surface area contributed by atoms with Crippen LogP contribution in [0, 0.1) is 0 Å². The molecule has 9 heteroatoms. The lowest BCUT2D eigenvalue weighted by Crippen LogP contribution is -2.27. The average Bonchev–Trinajstić information content (AvgIpc) is 2.73. The SMILES string of the molecule is COc1ccc([C@H](OC(=O)Nc2ccc(C(C)=O)cc2)[C@H](/C=C/C(=O)O)OC)cc1O. The molecule has 164 valence electrons. The number of ketones is 1. The van der Waals surface area contributed by atoms with Crippen LogP contribution in [-0.4, -0.2) is 48.4 Å². The average molecular weight is 429 g/mol. The normalized spacial score (nSPS) is 12.7. The Balaban J connectivity index is 2.28. The smallest absolute Gasteiger partial charge is 0.412 e. The number of hydrogen-bond donors (Lipinski definition) is 3. The highest BCUT2D eigenvalue weighted by molar-refractivity contribution is 5.95. The lowest BCUT2D eigenvalue weighted by atomic mass is 10.0. The first-order valence-electron chi connectivity index (χ1n) is 9.14. The Bertz CT molecular complexity index is 968. The van der Waals surface area contributed by atoms with Crippen LogP contribution >= 0.6 is 0 Å². The Morgan fingerprint density at radius 2 is 1.74 bits per heavy atom. The lowest BCUT2D eigenvalue weighted by Gasteiger charge is -2.24. The van der Waals surface area contributed by atoms with E-state index in [1.165, 1.54) is 39.4 Å². The molecule has 2 aromatic rings. The standard InChI is InChI=1S/C22H23NO8/c1-13(24)14-4-7-16(8-5-14)23-22(28)31-21(19(30-3)10-11-20(26)27)15-6-9-18(29-2)17(25)12-15/h4-12,19,21,25H,1-3H3,(H,23,28)(H,26,27)/b11-10+/t19-,21-/m0/s1. The molecule has 0 saturated carbocycles. The number of rotatable bonds is 9. The lowest BCUT2D eigenvalue weighted by molar-refractivity contribution is -0.131. The van der Waals surface area contributed by atoms with Crippen LogP contribution < -0.4 is 10.1 Å². The van der Waals surface area contributed by atoms with Crippen molar-refractivity contribution in [2.24, 2.45) is 0 Å². The van der Waals surface area contributed by atoms with Gasteiger partial charge in [0.25, 0.3) is 0 Å². The highest BCUT2D eigenvalue weighted by Crippen LogP contribution is 2.33. The molecule has 2 rings (SSSR count). The van der Waals surface area contributed by atoms with Crippen LogP contribution in [0.1, 0.15) is 28.9 Å². The van der Waals surface area contributed by atoms with E-state index in [-0.39, 0.29) is 17.3 Å². The zero-order valence-corrected chi connectivity index (χ0v) is 17.2. The van der Waals surface area contributed by atoms with Crippen molar-refractivity contribution >= 4 is 23.5 Å². The third-order valence-corrected chi connectivity index (χ3v) is 4.30. The fraction of sp³-hybridized carbons (Fsp3) is 0.227. The maximum atomic E-state index is 12.5. The van der Waals surface area contributed by atoms with E-state index in [0.29, 0.717) is 16.8 Å². The van der Waals surface area contributed by atoms with Crippen molar-refractivity contribution in [2.75, 3.05) is 19.5 Å². The highest BCUT2D eigenvalue weighted by Gasteiger charge is 2.27. The Kier molecular flexibility index (Phi) is 8.16. The number of carbonyl (C=O) groups is 3. The number of nitrogens with one attached hydrogen (secondary N) is 1. The van der Waals surface area contributed by atoms with Gasteiger partial charge in [-0.1, -0.05) is 6.07 Å². The van der Waals surface area contributed by atoms with Crippen LogP contribution in [0.3, 0.4) is 0 Å². The van der Waals surface area contributed by atoms with Gasteiger partial charge in [-0.2, -0.15) is 0 Å². The number of amides is 1. The molecule has 0 aliphatic heterocycles. The molecule has 2 aromatic carbocycles. The van der Waals surface area contributed by atoms with E-state index in [1.54, 1.807) is 30.3 Å². The summed E-state index contributed by atoms with van der Waals surface area (Å²) in [4.78, 5) is 34.8. The molecule has 0 aliphatic rings. The second-order valence-corrected chi connectivity index (χ2v) is 6.41. The summed E-state index contributed by atoms with van der Waals surface area (Å²) in [5.41, 5.74) is 1.23. The summed E-state index contributed by atoms with van der Waals surface area (Å²) in [6.07, 6.45) is -0.805. The largest absolute Gasteiger partial charge is 0.504 e. The summed E-state index contributed by atoms with van der Waals surface area (Å²) in [6.45, 7) is 1.43. The Labute approximate surface area is 178 Å². The number of methoxy groups -OCH3 is 2. The molecule has 0 heterocycles. The molecule has 2 atom stereocenters. The topological polar surface area (TPSA) is 131 Å². The summed E-state index contributed by atoms with van der Waals surface area (Å²) in [5, 5.41) is 21.5. The van der Waals surface area contributed by atoms with Crippen molar-refractivity contribution in [3.8, 4) is 11.5 Å². The molecule has 0 saturated heterocycles. The Hall–Kier alpha value is -3.85. The molecule has 0 radical (unpaired) electrons. The molecule has 0 unspecified atom stereocenters. The van der Waals surface area contributed by atoms with Gasteiger partial charge in [0.2, 0.25) is 0 Å². The van der Waals surface area contributed by atoms with Crippen LogP contribution in [0.5, 0.6) is 11.5 Å². The van der Waals surface area contributed by atoms with E-state index in [9.17, 15) is 19.5 Å². The molecule has 1 amide bonds. The van der Waals surface area contributed by atoms with Crippen molar-refractivity contribution in [1.82, 2.24) is 0 Å². The van der Waals surface area contributed by atoms with Gasteiger partial charge in [0.05, 0.1) is 7.11 Å². The minimum absolute atomic E-state index is 0.110. The number of Topliss-reactive ketones (excluding diaryl/α,β-unsaturated/α-hetero) is 1. The zero-order chi connectivity index (χ0) is 23.0. The number of carbonyl (C=O) groups excluding carboxylic acids is 2. The number of phenolic OH excluding ortho intramolecular Hbond substituents is 1. The van der Waals surface area contributed by atoms with Gasteiger partial charge in [0.15, 0.2) is 23.4 Å². The Morgan fingerprint density at radius 1 is 1.06 bits per heavy atom. The van der Waals surface area contributed by atoms with Crippen LogP contribution in [0.2, 0.25) is 0 Å². The third-order valence-electron chi connectivity index (χ3n) is 4.30. The molecule has 0 aliphatic carbocycles. The minimum atomic E-state index is -1.20. The number of hydrogen-bond acceptors (Lipinski definition) is 7. The molecule has 31 heavy (non-hydrogen) atoms. The molecule has 3 N–H and O–H groups in total. The number of aromatic hydroxyl groups is 1. The van der Waals surface area contributed by atoms with Crippen LogP contribution in [0.4, 0.5) is 10.5 Å². The van der Waals surface area contributed by atoms with Crippen molar-refractivity contribution < 1.29 is 38.8 Å². The zero-order valence-electron chi connectivity index (χ0n) is 17.2. The summed E-state index contributed by atoms with van der Waals surface area (Å²) in [6, 6.07) is 10.6. The van der Waals surface area contributed by atoms with Gasteiger partial charge < -0.3 is 24.4 Å². The fourth-order valence-electron chi connectivity index (χ4n) is 2.74. The van der Waals surface area contributed by atoms with Gasteiger partial charge in [0, 0.05) is 24.4 Å². The first kappa shape index (κ1) is 23.4. The summed E-state index contributed by atoms with van der Waals surface area (Å²) in [7, 11) is 2.72. The molecule has 0 fully saturated rings. The minimum Gasteiger partial charge on any atom is -0.504 e. The Morgan fingerprint density at radius 3 is 2.26 bits per heavy atom. The van der Waals surface area contributed by atoms with E-state index in [0.717, 1.165) is 6.08 Å². The number of ether oxygens (including phenoxy) is 3. The highest BCUT2D eigenvalue weighted by atomic mass is 16.6. The molecule has 0 bridgehead atoms. The van der Waals surface area contributed by atoms with Gasteiger partial charge >= 0.3 is 12.1 Å². The molecular weight excluding hydrogens is 406 g/mol.